The van der Waals surface area contributed by atoms with Crippen molar-refractivity contribution < 1.29 is 14.6 Å². The van der Waals surface area contributed by atoms with Crippen LogP contribution in [0.4, 0.5) is 0 Å². The highest BCUT2D eigenvalue weighted by molar-refractivity contribution is 5.43. The van der Waals surface area contributed by atoms with Crippen LogP contribution in [0.2, 0.25) is 0 Å². The molecule has 0 aromatic heterocycles. The van der Waals surface area contributed by atoms with Crippen molar-refractivity contribution in [3.8, 4) is 11.5 Å². The first kappa shape index (κ1) is 14.2. The zero-order valence-electron chi connectivity index (χ0n) is 11.4. The highest BCUT2D eigenvalue weighted by atomic mass is 16.6. The Hall–Kier alpha value is -1.26. The van der Waals surface area contributed by atoms with E-state index in [1.165, 1.54) is 5.56 Å². The van der Waals surface area contributed by atoms with Crippen LogP contribution in [0.15, 0.2) is 18.2 Å². The van der Waals surface area contributed by atoms with Gasteiger partial charge in [-0.3, -0.25) is 0 Å². The first-order chi connectivity index (χ1) is 9.40. The van der Waals surface area contributed by atoms with Gasteiger partial charge in [0.1, 0.15) is 13.2 Å². The molecule has 2 N–H and O–H groups in total. The number of unbranched alkanes of at least 4 members (excludes halogenated alkanes) is 2. The quantitative estimate of drug-likeness (QED) is 0.703. The fourth-order valence-corrected chi connectivity index (χ4v) is 2.14. The van der Waals surface area contributed by atoms with Gasteiger partial charge in [0.15, 0.2) is 11.5 Å². The predicted molar refractivity (Wildman–Crippen MR) is 74.9 cm³/mol. The molecule has 0 saturated carbocycles. The van der Waals surface area contributed by atoms with Gasteiger partial charge in [0.25, 0.3) is 0 Å². The summed E-state index contributed by atoms with van der Waals surface area (Å²) >= 11 is 0. The fraction of sp³-hybridized carbons (Fsp3) is 0.600. The maximum Gasteiger partial charge on any atom is 0.161 e. The first-order valence-corrected chi connectivity index (χ1v) is 7.10. The zero-order valence-corrected chi connectivity index (χ0v) is 11.4. The van der Waals surface area contributed by atoms with E-state index in [1.807, 2.05) is 6.07 Å². The van der Waals surface area contributed by atoms with E-state index in [0.717, 1.165) is 50.3 Å². The molecule has 4 nitrogen and oxygen atoms in total. The third kappa shape index (κ3) is 4.73. The number of benzene rings is 1. The molecule has 19 heavy (non-hydrogen) atoms. The molecule has 0 atom stereocenters. The topological polar surface area (TPSA) is 50.7 Å². The van der Waals surface area contributed by atoms with Crippen molar-refractivity contribution >= 4 is 0 Å². The van der Waals surface area contributed by atoms with E-state index >= 15 is 0 Å². The third-order valence-corrected chi connectivity index (χ3v) is 3.21. The Morgan fingerprint density at radius 3 is 2.68 bits per heavy atom. The van der Waals surface area contributed by atoms with Crippen LogP contribution in [0.25, 0.3) is 0 Å². The maximum atomic E-state index is 8.67. The molecule has 0 aliphatic carbocycles. The minimum Gasteiger partial charge on any atom is -0.486 e. The molecule has 106 valence electrons. The summed E-state index contributed by atoms with van der Waals surface area (Å²) in [5.74, 6) is 1.72. The Balaban J connectivity index is 1.66. The molecule has 1 aliphatic rings. The average Bonchev–Trinajstić information content (AvgIpc) is 2.46. The molecule has 0 amide bonds. The van der Waals surface area contributed by atoms with E-state index in [2.05, 4.69) is 17.4 Å². The Morgan fingerprint density at radius 2 is 1.84 bits per heavy atom. The monoisotopic (exact) mass is 265 g/mol. The number of nitrogens with one attached hydrogen (secondary N) is 1. The van der Waals surface area contributed by atoms with E-state index in [0.29, 0.717) is 19.8 Å². The largest absolute Gasteiger partial charge is 0.486 e. The lowest BCUT2D eigenvalue weighted by molar-refractivity contribution is 0.171. The smallest absolute Gasteiger partial charge is 0.161 e. The SMILES string of the molecule is OCCCCCNCCc1ccc2c(c1)OCCO2. The molecule has 1 aromatic carbocycles. The van der Waals surface area contributed by atoms with Gasteiger partial charge in [-0.1, -0.05) is 6.07 Å². The second-order valence-electron chi connectivity index (χ2n) is 4.76. The summed E-state index contributed by atoms with van der Waals surface area (Å²) < 4.78 is 11.1. The number of aliphatic hydroxyl groups excluding tert-OH is 1. The highest BCUT2D eigenvalue weighted by Gasteiger charge is 2.11. The van der Waals surface area contributed by atoms with Crippen LogP contribution < -0.4 is 14.8 Å². The standard InChI is InChI=1S/C15H23NO3/c17-9-3-1-2-7-16-8-6-13-4-5-14-15(12-13)19-11-10-18-14/h4-5,12,16-17H,1-3,6-11H2. The summed E-state index contributed by atoms with van der Waals surface area (Å²) in [5, 5.41) is 12.1. The lowest BCUT2D eigenvalue weighted by Crippen LogP contribution is -2.19. The van der Waals surface area contributed by atoms with Crippen molar-refractivity contribution in [3.63, 3.8) is 0 Å². The predicted octanol–water partition coefficient (Wildman–Crippen LogP) is 1.75. The molecule has 1 heterocycles. The summed E-state index contributed by atoms with van der Waals surface area (Å²) in [5.41, 5.74) is 1.27. The van der Waals surface area contributed by atoms with Crippen molar-refractivity contribution in [1.29, 1.82) is 0 Å². The van der Waals surface area contributed by atoms with Crippen molar-refractivity contribution in [1.82, 2.24) is 5.32 Å². The molecule has 0 bridgehead atoms. The number of hydrogen-bond acceptors (Lipinski definition) is 4. The maximum absolute atomic E-state index is 8.67. The molecule has 2 rings (SSSR count). The lowest BCUT2D eigenvalue weighted by Gasteiger charge is -2.18. The van der Waals surface area contributed by atoms with E-state index in [1.54, 1.807) is 0 Å². The van der Waals surface area contributed by atoms with Gasteiger partial charge in [-0.2, -0.15) is 0 Å². The third-order valence-electron chi connectivity index (χ3n) is 3.21. The van der Waals surface area contributed by atoms with Gasteiger partial charge in [0.2, 0.25) is 0 Å². The Morgan fingerprint density at radius 1 is 1.00 bits per heavy atom. The van der Waals surface area contributed by atoms with Gasteiger partial charge in [0.05, 0.1) is 0 Å². The normalized spacial score (nSPS) is 13.5. The molecular formula is C15H23NO3. The van der Waals surface area contributed by atoms with Gasteiger partial charge < -0.3 is 19.9 Å². The number of hydrogen-bond donors (Lipinski definition) is 2. The van der Waals surface area contributed by atoms with Crippen LogP contribution in [0.3, 0.4) is 0 Å². The van der Waals surface area contributed by atoms with Crippen LogP contribution in [0.5, 0.6) is 11.5 Å². The Kier molecular flexibility index (Phi) is 5.98. The van der Waals surface area contributed by atoms with E-state index in [-0.39, 0.29) is 0 Å². The summed E-state index contributed by atoms with van der Waals surface area (Å²) in [6, 6.07) is 6.16. The Labute approximate surface area is 114 Å². The lowest BCUT2D eigenvalue weighted by atomic mass is 10.1. The highest BCUT2D eigenvalue weighted by Crippen LogP contribution is 2.30. The van der Waals surface area contributed by atoms with Crippen LogP contribution in [0.1, 0.15) is 24.8 Å². The minimum absolute atomic E-state index is 0.303. The van der Waals surface area contributed by atoms with Crippen molar-refractivity contribution in [2.24, 2.45) is 0 Å². The zero-order chi connectivity index (χ0) is 13.3. The molecule has 4 heteroatoms. The van der Waals surface area contributed by atoms with E-state index < -0.39 is 0 Å². The fourth-order valence-electron chi connectivity index (χ4n) is 2.14. The summed E-state index contributed by atoms with van der Waals surface area (Å²) in [6.45, 7) is 3.57. The second-order valence-corrected chi connectivity index (χ2v) is 4.76. The molecule has 0 saturated heterocycles. The number of ether oxygens (including phenoxy) is 2. The number of aliphatic hydroxyl groups is 1. The molecule has 1 aliphatic heterocycles. The molecular weight excluding hydrogens is 242 g/mol. The van der Waals surface area contributed by atoms with Gasteiger partial charge in [-0.15, -0.1) is 0 Å². The van der Waals surface area contributed by atoms with Crippen LogP contribution in [-0.4, -0.2) is 38.0 Å². The molecule has 0 unspecified atom stereocenters. The Bertz CT molecular complexity index is 382. The molecule has 0 fully saturated rings. The summed E-state index contributed by atoms with van der Waals surface area (Å²) in [4.78, 5) is 0. The van der Waals surface area contributed by atoms with E-state index in [4.69, 9.17) is 14.6 Å². The van der Waals surface area contributed by atoms with Crippen LogP contribution in [-0.2, 0) is 6.42 Å². The van der Waals surface area contributed by atoms with Gasteiger partial charge in [0, 0.05) is 6.61 Å². The summed E-state index contributed by atoms with van der Waals surface area (Å²) in [7, 11) is 0. The minimum atomic E-state index is 0.303. The van der Waals surface area contributed by atoms with Gasteiger partial charge in [-0.05, 0) is 56.5 Å². The van der Waals surface area contributed by atoms with Crippen LogP contribution >= 0.6 is 0 Å². The van der Waals surface area contributed by atoms with E-state index in [9.17, 15) is 0 Å². The van der Waals surface area contributed by atoms with Crippen molar-refractivity contribution in [3.05, 3.63) is 23.8 Å². The molecule has 1 aromatic rings. The number of rotatable bonds is 8. The first-order valence-electron chi connectivity index (χ1n) is 7.10. The van der Waals surface area contributed by atoms with Gasteiger partial charge >= 0.3 is 0 Å². The van der Waals surface area contributed by atoms with Gasteiger partial charge in [-0.25, -0.2) is 0 Å². The van der Waals surface area contributed by atoms with Crippen LogP contribution in [0, 0.1) is 0 Å². The number of fused-ring (bicyclic) bond motifs is 1. The second kappa shape index (κ2) is 8.02. The van der Waals surface area contributed by atoms with Crippen molar-refractivity contribution in [2.45, 2.75) is 25.7 Å². The molecule has 0 spiro atoms. The summed E-state index contributed by atoms with van der Waals surface area (Å²) in [6.07, 6.45) is 4.12. The molecule has 0 radical (unpaired) electrons. The average molecular weight is 265 g/mol. The van der Waals surface area contributed by atoms with Crippen molar-refractivity contribution in [2.75, 3.05) is 32.9 Å².